The lowest BCUT2D eigenvalue weighted by Crippen LogP contribution is -2.30. The van der Waals surface area contributed by atoms with Crippen LogP contribution in [0.4, 0.5) is 15.8 Å². The van der Waals surface area contributed by atoms with Crippen molar-refractivity contribution in [2.24, 2.45) is 0 Å². The Labute approximate surface area is 280 Å². The number of nitrogens with one attached hydrogen (secondary N) is 3. The first-order valence-electron chi connectivity index (χ1n) is 14.4. The van der Waals surface area contributed by atoms with E-state index in [9.17, 15) is 18.8 Å². The minimum absolute atomic E-state index is 0.0292. The maximum Gasteiger partial charge on any atom is 0.272 e. The van der Waals surface area contributed by atoms with Gasteiger partial charge in [0, 0.05) is 21.8 Å². The van der Waals surface area contributed by atoms with Crippen LogP contribution in [0.2, 0.25) is 5.02 Å². The van der Waals surface area contributed by atoms with E-state index in [1.54, 1.807) is 86.0 Å². The summed E-state index contributed by atoms with van der Waals surface area (Å²) in [6.07, 6.45) is 1.58. The molecule has 5 aromatic carbocycles. The molecule has 236 valence electrons. The van der Waals surface area contributed by atoms with Gasteiger partial charge in [0.1, 0.15) is 22.5 Å². The molecule has 0 saturated carbocycles. The molecule has 0 saturated heterocycles. The lowest BCUT2D eigenvalue weighted by atomic mass is 10.1. The van der Waals surface area contributed by atoms with E-state index in [0.717, 1.165) is 5.56 Å². The molecule has 1 unspecified atom stereocenters. The molecule has 5 rings (SSSR count). The van der Waals surface area contributed by atoms with Gasteiger partial charge in [0.2, 0.25) is 5.91 Å². The Hall–Kier alpha value is -5.38. The average Bonchev–Trinajstić information content (AvgIpc) is 3.09. The Balaban J connectivity index is 1.37. The maximum absolute atomic E-state index is 13.7. The van der Waals surface area contributed by atoms with Gasteiger partial charge in [-0.3, -0.25) is 14.4 Å². The van der Waals surface area contributed by atoms with Gasteiger partial charge >= 0.3 is 0 Å². The van der Waals surface area contributed by atoms with E-state index in [4.69, 9.17) is 16.3 Å². The van der Waals surface area contributed by atoms with Crippen LogP contribution in [0.1, 0.15) is 26.7 Å². The summed E-state index contributed by atoms with van der Waals surface area (Å²) in [6.45, 7) is 0. The zero-order valence-corrected chi connectivity index (χ0v) is 26.6. The van der Waals surface area contributed by atoms with Crippen LogP contribution in [0.25, 0.3) is 6.08 Å². The van der Waals surface area contributed by atoms with Gasteiger partial charge in [-0.15, -0.1) is 11.8 Å². The number of rotatable bonds is 11. The molecule has 5 aromatic rings. The van der Waals surface area contributed by atoms with E-state index >= 15 is 0 Å². The zero-order chi connectivity index (χ0) is 33.2. The smallest absolute Gasteiger partial charge is 0.272 e. The quantitative estimate of drug-likeness (QED) is 0.0973. The molecule has 0 aliphatic rings. The topological polar surface area (TPSA) is 96.5 Å². The Morgan fingerprint density at radius 3 is 2.15 bits per heavy atom. The van der Waals surface area contributed by atoms with Gasteiger partial charge in [0.25, 0.3) is 11.8 Å². The number of anilines is 2. The Bertz CT molecular complexity index is 1900. The van der Waals surface area contributed by atoms with Gasteiger partial charge in [-0.05, 0) is 77.9 Å². The van der Waals surface area contributed by atoms with Crippen molar-refractivity contribution in [2.45, 2.75) is 10.1 Å². The van der Waals surface area contributed by atoms with Crippen LogP contribution in [-0.2, 0) is 9.59 Å². The number of hydrogen-bond donors (Lipinski definition) is 3. The highest BCUT2D eigenvalue weighted by Crippen LogP contribution is 2.37. The summed E-state index contributed by atoms with van der Waals surface area (Å²) in [5, 5.41) is 7.62. The first kappa shape index (κ1) is 33.0. The van der Waals surface area contributed by atoms with Gasteiger partial charge in [-0.1, -0.05) is 78.3 Å². The average molecular weight is 666 g/mol. The third kappa shape index (κ3) is 9.09. The molecule has 0 aromatic heterocycles. The normalized spacial score (nSPS) is 11.7. The number of hydrogen-bond acceptors (Lipinski definition) is 5. The summed E-state index contributed by atoms with van der Waals surface area (Å²) in [7, 11) is 1.56. The lowest BCUT2D eigenvalue weighted by Gasteiger charge is -2.18. The second-order valence-electron chi connectivity index (χ2n) is 10.2. The molecule has 3 amide bonds. The highest BCUT2D eigenvalue weighted by Gasteiger charge is 2.23. The Morgan fingerprint density at radius 2 is 1.47 bits per heavy atom. The lowest BCUT2D eigenvalue weighted by molar-refractivity contribution is -0.116. The van der Waals surface area contributed by atoms with Gasteiger partial charge in [0.15, 0.2) is 0 Å². The molecule has 47 heavy (non-hydrogen) atoms. The van der Waals surface area contributed by atoms with Crippen molar-refractivity contribution in [3.05, 3.63) is 161 Å². The summed E-state index contributed by atoms with van der Waals surface area (Å²) in [5.74, 6) is -1.26. The van der Waals surface area contributed by atoms with Crippen molar-refractivity contribution in [2.75, 3.05) is 17.7 Å². The third-order valence-electron chi connectivity index (χ3n) is 6.83. The molecule has 0 fully saturated rings. The molecule has 10 heteroatoms. The van der Waals surface area contributed by atoms with Gasteiger partial charge in [-0.2, -0.15) is 0 Å². The minimum atomic E-state index is -0.693. The highest BCUT2D eigenvalue weighted by molar-refractivity contribution is 8.00. The molecule has 0 aliphatic heterocycles. The van der Waals surface area contributed by atoms with Crippen LogP contribution in [0.15, 0.2) is 138 Å². The summed E-state index contributed by atoms with van der Waals surface area (Å²) >= 11 is 7.20. The van der Waals surface area contributed by atoms with Crippen molar-refractivity contribution < 1.29 is 23.5 Å². The molecule has 0 bridgehead atoms. The predicted octanol–water partition coefficient (Wildman–Crippen LogP) is 8.37. The van der Waals surface area contributed by atoms with Crippen molar-refractivity contribution in [3.8, 4) is 5.75 Å². The zero-order valence-electron chi connectivity index (χ0n) is 25.1. The monoisotopic (exact) mass is 665 g/mol. The summed E-state index contributed by atoms with van der Waals surface area (Å²) in [4.78, 5) is 40.8. The van der Waals surface area contributed by atoms with E-state index in [1.807, 2.05) is 36.4 Å². The van der Waals surface area contributed by atoms with Crippen molar-refractivity contribution >= 4 is 58.5 Å². The van der Waals surface area contributed by atoms with Crippen LogP contribution in [0.5, 0.6) is 5.75 Å². The first-order valence-corrected chi connectivity index (χ1v) is 15.7. The SMILES string of the molecule is COc1ccc(/C=C(/NC(=O)c2ccccc2)C(=O)Nc2cccc(SC(C(=O)Nc3ccc(F)c(Cl)c3)c3ccccc3)c2)cc1. The molecule has 3 N–H and O–H groups in total. The van der Waals surface area contributed by atoms with Crippen LogP contribution >= 0.6 is 23.4 Å². The van der Waals surface area contributed by atoms with Gasteiger partial charge in [0.05, 0.1) is 12.1 Å². The summed E-state index contributed by atoms with van der Waals surface area (Å²) < 4.78 is 18.9. The number of amides is 3. The van der Waals surface area contributed by atoms with Crippen LogP contribution in [0, 0.1) is 5.82 Å². The van der Waals surface area contributed by atoms with E-state index in [-0.39, 0.29) is 16.6 Å². The third-order valence-corrected chi connectivity index (χ3v) is 8.37. The van der Waals surface area contributed by atoms with Gasteiger partial charge < -0.3 is 20.7 Å². The first-order chi connectivity index (χ1) is 22.8. The maximum atomic E-state index is 13.7. The Morgan fingerprint density at radius 1 is 0.787 bits per heavy atom. The molecule has 0 aliphatic carbocycles. The van der Waals surface area contributed by atoms with E-state index in [2.05, 4.69) is 16.0 Å². The number of carbonyl (C=O) groups excluding carboxylic acids is 3. The molecular formula is C37H29ClFN3O4S. The predicted molar refractivity (Wildman–Crippen MR) is 185 cm³/mol. The minimum Gasteiger partial charge on any atom is -0.497 e. The van der Waals surface area contributed by atoms with E-state index < -0.39 is 22.9 Å². The van der Waals surface area contributed by atoms with E-state index in [1.165, 1.54) is 30.0 Å². The number of methoxy groups -OCH3 is 1. The summed E-state index contributed by atoms with van der Waals surface area (Å²) in [6, 6.07) is 35.9. The van der Waals surface area contributed by atoms with E-state index in [0.29, 0.717) is 33.1 Å². The molecule has 7 nitrogen and oxygen atoms in total. The number of benzene rings is 5. The van der Waals surface area contributed by atoms with Crippen molar-refractivity contribution in [1.82, 2.24) is 5.32 Å². The number of carbonyl (C=O) groups is 3. The number of ether oxygens (including phenoxy) is 1. The molecule has 0 spiro atoms. The van der Waals surface area contributed by atoms with Crippen LogP contribution < -0.4 is 20.7 Å². The fraction of sp³-hybridized carbons (Fsp3) is 0.0541. The van der Waals surface area contributed by atoms with Crippen LogP contribution in [0.3, 0.4) is 0 Å². The van der Waals surface area contributed by atoms with Crippen molar-refractivity contribution in [1.29, 1.82) is 0 Å². The van der Waals surface area contributed by atoms with Crippen LogP contribution in [-0.4, -0.2) is 24.8 Å². The van der Waals surface area contributed by atoms with Crippen molar-refractivity contribution in [3.63, 3.8) is 0 Å². The van der Waals surface area contributed by atoms with Gasteiger partial charge in [-0.25, -0.2) is 4.39 Å². The standard InChI is InChI=1S/C37H29ClFN3O4S/c1-46-29-18-15-24(16-19-29)21-33(42-35(43)26-11-6-3-7-12-26)36(44)40-27-13-8-14-30(22-27)47-34(25-9-4-2-5-10-25)37(45)41-28-17-20-32(39)31(38)23-28/h2-23,34H,1H3,(H,40,44)(H,41,45)(H,42,43)/b33-21+. The largest absolute Gasteiger partial charge is 0.497 e. The molecule has 0 radical (unpaired) electrons. The fourth-order valence-electron chi connectivity index (χ4n) is 4.47. The Kier molecular flexibility index (Phi) is 11.1. The molecule has 0 heterocycles. The fourth-order valence-corrected chi connectivity index (χ4v) is 5.74. The summed E-state index contributed by atoms with van der Waals surface area (Å²) in [5.41, 5.74) is 2.65. The molecular weight excluding hydrogens is 637 g/mol. The number of thioether (sulfide) groups is 1. The number of halogens is 2. The highest BCUT2D eigenvalue weighted by atomic mass is 35.5. The second kappa shape index (κ2) is 15.8. The molecule has 1 atom stereocenters. The second-order valence-corrected chi connectivity index (χ2v) is 11.7.